The summed E-state index contributed by atoms with van der Waals surface area (Å²) in [5.74, 6) is 0.659. The third-order valence-corrected chi connectivity index (χ3v) is 4.20. The van der Waals surface area contributed by atoms with Crippen LogP contribution >= 0.6 is 11.6 Å². The maximum atomic E-state index is 12.6. The summed E-state index contributed by atoms with van der Waals surface area (Å²) in [4.78, 5) is 18.8. The second-order valence-electron chi connectivity index (χ2n) is 5.34. The van der Waals surface area contributed by atoms with Crippen LogP contribution in [0, 0.1) is 0 Å². The van der Waals surface area contributed by atoms with Gasteiger partial charge in [-0.05, 0) is 36.6 Å². The highest BCUT2D eigenvalue weighted by Crippen LogP contribution is 2.20. The lowest BCUT2D eigenvalue weighted by Gasteiger charge is -2.17. The summed E-state index contributed by atoms with van der Waals surface area (Å²) in [6.07, 6.45) is 3.85. The van der Waals surface area contributed by atoms with Crippen molar-refractivity contribution >= 4 is 23.3 Å². The monoisotopic (exact) mass is 315 g/mol. The highest BCUT2D eigenvalue weighted by molar-refractivity contribution is 6.31. The van der Waals surface area contributed by atoms with Gasteiger partial charge in [0.05, 0.1) is 5.56 Å². The van der Waals surface area contributed by atoms with Crippen molar-refractivity contribution in [2.75, 3.05) is 18.4 Å². The Morgan fingerprint density at radius 2 is 1.95 bits per heavy atom. The molecule has 2 heterocycles. The van der Waals surface area contributed by atoms with Gasteiger partial charge in [-0.3, -0.25) is 4.79 Å². The summed E-state index contributed by atoms with van der Waals surface area (Å²) in [5.41, 5.74) is 1.60. The molecule has 114 valence electrons. The number of amides is 1. The maximum absolute atomic E-state index is 12.6. The molecule has 1 aliphatic rings. The van der Waals surface area contributed by atoms with E-state index in [1.807, 2.05) is 35.2 Å². The molecule has 1 amide bonds. The minimum Gasteiger partial charge on any atom is -0.365 e. The lowest BCUT2D eigenvalue weighted by Crippen LogP contribution is -2.28. The van der Waals surface area contributed by atoms with Gasteiger partial charge < -0.3 is 10.2 Å². The molecule has 1 fully saturated rings. The van der Waals surface area contributed by atoms with Crippen molar-refractivity contribution in [1.29, 1.82) is 0 Å². The van der Waals surface area contributed by atoms with Gasteiger partial charge in [0, 0.05) is 30.9 Å². The van der Waals surface area contributed by atoms with Gasteiger partial charge in [-0.2, -0.15) is 0 Å². The zero-order chi connectivity index (χ0) is 15.4. The average molecular weight is 316 g/mol. The van der Waals surface area contributed by atoms with Gasteiger partial charge in [0.1, 0.15) is 5.82 Å². The van der Waals surface area contributed by atoms with Crippen LogP contribution in [0.5, 0.6) is 0 Å². The van der Waals surface area contributed by atoms with Crippen LogP contribution < -0.4 is 5.32 Å². The Balaban J connectivity index is 1.76. The molecule has 0 bridgehead atoms. The third kappa shape index (κ3) is 3.22. The Bertz CT molecular complexity index is 668. The topological polar surface area (TPSA) is 45.2 Å². The molecule has 0 aliphatic carbocycles. The SMILES string of the molecule is O=C(c1cccnc1NCc1ccccc1Cl)N1CCCC1. The van der Waals surface area contributed by atoms with E-state index < -0.39 is 0 Å². The molecule has 0 saturated carbocycles. The van der Waals surface area contributed by atoms with E-state index in [1.165, 1.54) is 0 Å². The number of rotatable bonds is 4. The van der Waals surface area contributed by atoms with Crippen LogP contribution in [0.2, 0.25) is 5.02 Å². The average Bonchev–Trinajstić information content (AvgIpc) is 3.08. The fourth-order valence-electron chi connectivity index (χ4n) is 2.63. The third-order valence-electron chi connectivity index (χ3n) is 3.84. The molecule has 1 aromatic carbocycles. The molecule has 3 rings (SSSR count). The van der Waals surface area contributed by atoms with Crippen molar-refractivity contribution in [3.8, 4) is 0 Å². The van der Waals surface area contributed by atoms with Crippen molar-refractivity contribution in [3.05, 3.63) is 58.7 Å². The van der Waals surface area contributed by atoms with Crippen molar-refractivity contribution < 1.29 is 4.79 Å². The van der Waals surface area contributed by atoms with Gasteiger partial charge >= 0.3 is 0 Å². The van der Waals surface area contributed by atoms with E-state index in [0.717, 1.165) is 31.5 Å². The minimum absolute atomic E-state index is 0.0484. The Morgan fingerprint density at radius 3 is 2.73 bits per heavy atom. The summed E-state index contributed by atoms with van der Waals surface area (Å²) >= 11 is 6.16. The second kappa shape index (κ2) is 6.79. The zero-order valence-electron chi connectivity index (χ0n) is 12.3. The van der Waals surface area contributed by atoms with Crippen LogP contribution in [0.3, 0.4) is 0 Å². The molecule has 0 atom stereocenters. The molecule has 5 heteroatoms. The maximum Gasteiger partial charge on any atom is 0.257 e. The number of likely N-dealkylation sites (tertiary alicyclic amines) is 1. The lowest BCUT2D eigenvalue weighted by atomic mass is 10.2. The molecule has 0 radical (unpaired) electrons. The standard InChI is InChI=1S/C17H18ClN3O/c18-15-8-2-1-6-13(15)12-20-16-14(7-5-9-19-16)17(22)21-10-3-4-11-21/h1-2,5-9H,3-4,10-12H2,(H,19,20). The summed E-state index contributed by atoms with van der Waals surface area (Å²) in [7, 11) is 0. The van der Waals surface area contributed by atoms with Gasteiger partial charge in [-0.25, -0.2) is 4.98 Å². The van der Waals surface area contributed by atoms with Gasteiger partial charge in [0.25, 0.3) is 5.91 Å². The van der Waals surface area contributed by atoms with Crippen LogP contribution in [0.15, 0.2) is 42.6 Å². The smallest absolute Gasteiger partial charge is 0.257 e. The summed E-state index contributed by atoms with van der Waals surface area (Å²) in [5, 5.41) is 3.94. The first-order valence-electron chi connectivity index (χ1n) is 7.47. The molecule has 4 nitrogen and oxygen atoms in total. The summed E-state index contributed by atoms with van der Waals surface area (Å²) in [6, 6.07) is 11.3. The largest absolute Gasteiger partial charge is 0.365 e. The number of nitrogens with one attached hydrogen (secondary N) is 1. The molecular weight excluding hydrogens is 298 g/mol. The van der Waals surface area contributed by atoms with Crippen LogP contribution in [-0.2, 0) is 6.54 Å². The molecule has 1 aromatic heterocycles. The number of aromatic nitrogens is 1. The Labute approximate surface area is 135 Å². The first-order chi connectivity index (χ1) is 10.8. The quantitative estimate of drug-likeness (QED) is 0.938. The highest BCUT2D eigenvalue weighted by Gasteiger charge is 2.22. The Morgan fingerprint density at radius 1 is 1.18 bits per heavy atom. The van der Waals surface area contributed by atoms with E-state index in [0.29, 0.717) is 22.9 Å². The number of halogens is 1. The minimum atomic E-state index is 0.0484. The first-order valence-corrected chi connectivity index (χ1v) is 7.85. The Hall–Kier alpha value is -2.07. The Kier molecular flexibility index (Phi) is 4.59. The summed E-state index contributed by atoms with van der Waals surface area (Å²) < 4.78 is 0. The number of pyridine rings is 1. The first kappa shape index (κ1) is 14.9. The molecule has 22 heavy (non-hydrogen) atoms. The summed E-state index contributed by atoms with van der Waals surface area (Å²) in [6.45, 7) is 2.20. The normalized spacial score (nSPS) is 14.1. The lowest BCUT2D eigenvalue weighted by molar-refractivity contribution is 0.0793. The van der Waals surface area contributed by atoms with Crippen molar-refractivity contribution in [1.82, 2.24) is 9.88 Å². The van der Waals surface area contributed by atoms with Gasteiger partial charge in [0.2, 0.25) is 0 Å². The number of carbonyl (C=O) groups is 1. The van der Waals surface area contributed by atoms with Gasteiger partial charge in [0.15, 0.2) is 0 Å². The predicted octanol–water partition coefficient (Wildman–Crippen LogP) is 3.58. The predicted molar refractivity (Wildman–Crippen MR) is 88.2 cm³/mol. The van der Waals surface area contributed by atoms with Crippen molar-refractivity contribution in [2.24, 2.45) is 0 Å². The molecule has 0 spiro atoms. The molecule has 2 aromatic rings. The number of hydrogen-bond donors (Lipinski definition) is 1. The van der Waals surface area contributed by atoms with E-state index in [9.17, 15) is 4.79 Å². The van der Waals surface area contributed by atoms with Gasteiger partial charge in [-0.1, -0.05) is 29.8 Å². The van der Waals surface area contributed by atoms with E-state index in [-0.39, 0.29) is 5.91 Å². The molecule has 1 N–H and O–H groups in total. The van der Waals surface area contributed by atoms with Crippen molar-refractivity contribution in [2.45, 2.75) is 19.4 Å². The number of benzene rings is 1. The number of anilines is 1. The highest BCUT2D eigenvalue weighted by atomic mass is 35.5. The molecule has 0 unspecified atom stereocenters. The van der Waals surface area contributed by atoms with E-state index in [2.05, 4.69) is 10.3 Å². The fraction of sp³-hybridized carbons (Fsp3) is 0.294. The van der Waals surface area contributed by atoms with Crippen LogP contribution in [0.4, 0.5) is 5.82 Å². The molecule has 1 aliphatic heterocycles. The van der Waals surface area contributed by atoms with Crippen LogP contribution in [0.25, 0.3) is 0 Å². The fourth-order valence-corrected chi connectivity index (χ4v) is 2.83. The molecular formula is C17H18ClN3O. The van der Waals surface area contributed by atoms with E-state index in [4.69, 9.17) is 11.6 Å². The number of nitrogens with zero attached hydrogens (tertiary/aromatic N) is 2. The van der Waals surface area contributed by atoms with Gasteiger partial charge in [-0.15, -0.1) is 0 Å². The zero-order valence-corrected chi connectivity index (χ0v) is 13.0. The van der Waals surface area contributed by atoms with Crippen LogP contribution in [0.1, 0.15) is 28.8 Å². The number of hydrogen-bond acceptors (Lipinski definition) is 3. The van der Waals surface area contributed by atoms with Crippen LogP contribution in [-0.4, -0.2) is 28.9 Å². The van der Waals surface area contributed by atoms with Crippen molar-refractivity contribution in [3.63, 3.8) is 0 Å². The molecule has 1 saturated heterocycles. The second-order valence-corrected chi connectivity index (χ2v) is 5.75. The van der Waals surface area contributed by atoms with E-state index >= 15 is 0 Å². The number of carbonyl (C=O) groups excluding carboxylic acids is 1. The van der Waals surface area contributed by atoms with E-state index in [1.54, 1.807) is 12.3 Å².